The van der Waals surface area contributed by atoms with E-state index in [1.165, 1.54) is 0 Å². The molecule has 1 saturated heterocycles. The molecule has 1 heterocycles. The molecule has 1 rings (SSSR count). The summed E-state index contributed by atoms with van der Waals surface area (Å²) in [7, 11) is 0. The Morgan fingerprint density at radius 3 is 2.46 bits per heavy atom. The van der Waals surface area contributed by atoms with Crippen LogP contribution in [0.3, 0.4) is 0 Å². The molecule has 0 bridgehead atoms. The molecule has 1 aliphatic heterocycles. The van der Waals surface area contributed by atoms with Gasteiger partial charge in [-0.1, -0.05) is 0 Å². The van der Waals surface area contributed by atoms with Gasteiger partial charge in [0, 0.05) is 12.8 Å². The van der Waals surface area contributed by atoms with Crippen LogP contribution in [-0.4, -0.2) is 30.8 Å². The zero-order chi connectivity index (χ0) is 9.84. The topological polar surface area (TPSA) is 61.5 Å². The van der Waals surface area contributed by atoms with Gasteiger partial charge in [0.1, 0.15) is 6.10 Å². The second-order valence-corrected chi connectivity index (χ2v) is 3.54. The molecule has 1 aliphatic rings. The number of esters is 1. The fraction of sp³-hybridized carbons (Fsp3) is 0.889. The van der Waals surface area contributed by atoms with Crippen molar-refractivity contribution in [2.75, 3.05) is 6.54 Å². The lowest BCUT2D eigenvalue weighted by Crippen LogP contribution is -2.36. The van der Waals surface area contributed by atoms with Crippen molar-refractivity contribution in [1.82, 2.24) is 0 Å². The summed E-state index contributed by atoms with van der Waals surface area (Å²) in [4.78, 5) is 10.9. The number of hydrogen-bond acceptors (Lipinski definition) is 4. The summed E-state index contributed by atoms with van der Waals surface area (Å²) in [6.07, 6.45) is 1.86. The van der Waals surface area contributed by atoms with E-state index in [1.54, 1.807) is 0 Å². The standard InChI is InChI=1S/C9H17NO3/c1-6-3-8(4-7(2)12-6)13-9(11)5-10/h6-8H,3-5,10H2,1-2H3. The van der Waals surface area contributed by atoms with Crippen LogP contribution in [0.25, 0.3) is 0 Å². The number of nitrogens with two attached hydrogens (primary N) is 1. The molecule has 1 fully saturated rings. The van der Waals surface area contributed by atoms with Gasteiger partial charge in [0.2, 0.25) is 0 Å². The van der Waals surface area contributed by atoms with Gasteiger partial charge in [-0.3, -0.25) is 4.79 Å². The van der Waals surface area contributed by atoms with Gasteiger partial charge in [0.05, 0.1) is 18.8 Å². The number of ether oxygens (including phenoxy) is 2. The van der Waals surface area contributed by atoms with Crippen molar-refractivity contribution in [3.8, 4) is 0 Å². The molecule has 2 N–H and O–H groups in total. The lowest BCUT2D eigenvalue weighted by atomic mass is 10.0. The minimum absolute atomic E-state index is 0.0187. The molecule has 0 saturated carbocycles. The van der Waals surface area contributed by atoms with Gasteiger partial charge in [-0.25, -0.2) is 0 Å². The van der Waals surface area contributed by atoms with Crippen molar-refractivity contribution in [1.29, 1.82) is 0 Å². The smallest absolute Gasteiger partial charge is 0.319 e. The molecule has 0 spiro atoms. The summed E-state index contributed by atoms with van der Waals surface area (Å²) in [5.74, 6) is -0.327. The molecule has 2 unspecified atom stereocenters. The third-order valence-electron chi connectivity index (χ3n) is 2.12. The van der Waals surface area contributed by atoms with E-state index in [4.69, 9.17) is 15.2 Å². The Morgan fingerprint density at radius 2 is 2.00 bits per heavy atom. The third kappa shape index (κ3) is 3.32. The highest BCUT2D eigenvalue weighted by Crippen LogP contribution is 2.21. The first kappa shape index (κ1) is 10.5. The van der Waals surface area contributed by atoms with Gasteiger partial charge in [0.15, 0.2) is 0 Å². The highest BCUT2D eigenvalue weighted by molar-refractivity contribution is 5.71. The van der Waals surface area contributed by atoms with Crippen LogP contribution in [-0.2, 0) is 14.3 Å². The Bertz CT molecular complexity index is 174. The predicted molar refractivity (Wildman–Crippen MR) is 48.2 cm³/mol. The van der Waals surface area contributed by atoms with Crippen LogP contribution >= 0.6 is 0 Å². The van der Waals surface area contributed by atoms with Gasteiger partial charge < -0.3 is 15.2 Å². The Labute approximate surface area is 78.4 Å². The fourth-order valence-corrected chi connectivity index (χ4v) is 1.67. The Balaban J connectivity index is 2.37. The lowest BCUT2D eigenvalue weighted by Gasteiger charge is -2.31. The monoisotopic (exact) mass is 187 g/mol. The van der Waals surface area contributed by atoms with Crippen LogP contribution in [0.4, 0.5) is 0 Å². The van der Waals surface area contributed by atoms with E-state index in [1.807, 2.05) is 13.8 Å². The summed E-state index contributed by atoms with van der Waals surface area (Å²) >= 11 is 0. The molecule has 0 aromatic heterocycles. The van der Waals surface area contributed by atoms with Crippen molar-refractivity contribution in [2.24, 2.45) is 5.73 Å². The molecule has 0 amide bonds. The fourth-order valence-electron chi connectivity index (χ4n) is 1.67. The molecule has 4 heteroatoms. The minimum atomic E-state index is -0.327. The average Bonchev–Trinajstić information content (AvgIpc) is 2.02. The highest BCUT2D eigenvalue weighted by Gasteiger charge is 2.26. The summed E-state index contributed by atoms with van der Waals surface area (Å²) in [5, 5.41) is 0. The summed E-state index contributed by atoms with van der Waals surface area (Å²) in [6, 6.07) is 0. The summed E-state index contributed by atoms with van der Waals surface area (Å²) in [6.45, 7) is 3.93. The van der Waals surface area contributed by atoms with Crippen molar-refractivity contribution in [3.63, 3.8) is 0 Å². The second-order valence-electron chi connectivity index (χ2n) is 3.54. The average molecular weight is 187 g/mol. The van der Waals surface area contributed by atoms with E-state index in [2.05, 4.69) is 0 Å². The van der Waals surface area contributed by atoms with E-state index in [9.17, 15) is 4.79 Å². The maximum atomic E-state index is 10.9. The molecule has 0 aromatic carbocycles. The van der Waals surface area contributed by atoms with Gasteiger partial charge in [-0.2, -0.15) is 0 Å². The van der Waals surface area contributed by atoms with E-state index in [-0.39, 0.29) is 30.8 Å². The zero-order valence-corrected chi connectivity index (χ0v) is 8.16. The van der Waals surface area contributed by atoms with E-state index in [0.717, 1.165) is 12.8 Å². The molecule has 13 heavy (non-hydrogen) atoms. The van der Waals surface area contributed by atoms with Crippen molar-refractivity contribution in [2.45, 2.75) is 45.0 Å². The first-order valence-electron chi connectivity index (χ1n) is 4.66. The molecule has 0 aromatic rings. The molecule has 0 aliphatic carbocycles. The number of hydrogen-bond donors (Lipinski definition) is 1. The summed E-state index contributed by atoms with van der Waals surface area (Å²) in [5.41, 5.74) is 5.15. The number of rotatable bonds is 2. The van der Waals surface area contributed by atoms with Gasteiger partial charge >= 0.3 is 5.97 Å². The van der Waals surface area contributed by atoms with Crippen molar-refractivity contribution in [3.05, 3.63) is 0 Å². The van der Waals surface area contributed by atoms with E-state index >= 15 is 0 Å². The molecular weight excluding hydrogens is 170 g/mol. The van der Waals surface area contributed by atoms with Gasteiger partial charge in [0.25, 0.3) is 0 Å². The number of carbonyl (C=O) groups excluding carboxylic acids is 1. The normalized spacial score (nSPS) is 34.2. The molecule has 0 radical (unpaired) electrons. The van der Waals surface area contributed by atoms with Crippen LogP contribution in [0.15, 0.2) is 0 Å². The predicted octanol–water partition coefficient (Wildman–Crippen LogP) is 0.444. The molecule has 76 valence electrons. The quantitative estimate of drug-likeness (QED) is 0.637. The molecular formula is C9H17NO3. The van der Waals surface area contributed by atoms with E-state index in [0.29, 0.717) is 0 Å². The van der Waals surface area contributed by atoms with E-state index < -0.39 is 0 Å². The van der Waals surface area contributed by atoms with Crippen LogP contribution in [0.2, 0.25) is 0 Å². The van der Waals surface area contributed by atoms with Crippen LogP contribution < -0.4 is 5.73 Å². The first-order chi connectivity index (χ1) is 6.11. The maximum Gasteiger partial charge on any atom is 0.319 e. The number of carbonyl (C=O) groups is 1. The van der Waals surface area contributed by atoms with Gasteiger partial charge in [-0.05, 0) is 13.8 Å². The first-order valence-corrected chi connectivity index (χ1v) is 4.66. The Morgan fingerprint density at radius 1 is 1.46 bits per heavy atom. The van der Waals surface area contributed by atoms with Crippen LogP contribution in [0.1, 0.15) is 26.7 Å². The summed E-state index contributed by atoms with van der Waals surface area (Å²) < 4.78 is 10.6. The lowest BCUT2D eigenvalue weighted by molar-refractivity contribution is -0.157. The second kappa shape index (κ2) is 4.58. The highest BCUT2D eigenvalue weighted by atomic mass is 16.6. The Kier molecular flexibility index (Phi) is 3.69. The molecule has 4 nitrogen and oxygen atoms in total. The van der Waals surface area contributed by atoms with Crippen molar-refractivity contribution >= 4 is 5.97 Å². The third-order valence-corrected chi connectivity index (χ3v) is 2.12. The van der Waals surface area contributed by atoms with Gasteiger partial charge in [-0.15, -0.1) is 0 Å². The van der Waals surface area contributed by atoms with Crippen LogP contribution in [0.5, 0.6) is 0 Å². The maximum absolute atomic E-state index is 10.9. The Hall–Kier alpha value is -0.610. The SMILES string of the molecule is CC1CC(OC(=O)CN)CC(C)O1. The minimum Gasteiger partial charge on any atom is -0.461 e. The van der Waals surface area contributed by atoms with Crippen molar-refractivity contribution < 1.29 is 14.3 Å². The largest absolute Gasteiger partial charge is 0.461 e. The van der Waals surface area contributed by atoms with Crippen LogP contribution in [0, 0.1) is 0 Å². The molecule has 2 atom stereocenters. The zero-order valence-electron chi connectivity index (χ0n) is 8.16.